The zero-order chi connectivity index (χ0) is 22.0. The molecule has 0 aliphatic heterocycles. The average molecular weight is 428 g/mol. The van der Waals surface area contributed by atoms with Crippen LogP contribution in [0.1, 0.15) is 30.4 Å². The third kappa shape index (κ3) is 9.34. The van der Waals surface area contributed by atoms with Gasteiger partial charge in [0.1, 0.15) is 0 Å². The van der Waals surface area contributed by atoms with Crippen molar-refractivity contribution in [3.63, 3.8) is 0 Å². The molecule has 0 spiro atoms. The fraction of sp³-hybridized carbons (Fsp3) is 0.409. The molecule has 2 nitrogen and oxygen atoms in total. The lowest BCUT2D eigenvalue weighted by atomic mass is 9.40. The molecular formula is C22H24B4O2S2. The number of aliphatic carboxylic acids is 1. The molecule has 1 atom stereocenters. The highest BCUT2D eigenvalue weighted by Gasteiger charge is 2.34. The zero-order valence-electron chi connectivity index (χ0n) is 17.1. The summed E-state index contributed by atoms with van der Waals surface area (Å²) in [4.78, 5) is 11.3. The molecule has 8 heteroatoms. The summed E-state index contributed by atoms with van der Waals surface area (Å²) in [5, 5.41) is 6.16. The van der Waals surface area contributed by atoms with E-state index < -0.39 is 16.4 Å². The molecule has 0 amide bonds. The van der Waals surface area contributed by atoms with Crippen LogP contribution < -0.4 is 0 Å². The Morgan fingerprint density at radius 3 is 1.97 bits per heavy atom. The molecule has 30 heavy (non-hydrogen) atoms. The summed E-state index contributed by atoms with van der Waals surface area (Å²) >= 11 is 3.64. The maximum Gasteiger partial charge on any atom is 0.292 e. The molecule has 1 unspecified atom stereocenters. The molecule has 2 aromatic rings. The number of carboxylic acid groups (broad SMARTS) is 1. The van der Waals surface area contributed by atoms with Gasteiger partial charge in [-0.3, -0.25) is 4.79 Å². The molecule has 2 rings (SSSR count). The molecule has 1 N–H and O–H groups in total. The van der Waals surface area contributed by atoms with Gasteiger partial charge in [-0.25, -0.2) is 0 Å². The van der Waals surface area contributed by atoms with Crippen molar-refractivity contribution in [3.8, 4) is 0 Å². The lowest BCUT2D eigenvalue weighted by Gasteiger charge is -2.36. The second-order valence-corrected chi connectivity index (χ2v) is 10.1. The highest BCUT2D eigenvalue weighted by atomic mass is 32.2. The Bertz CT molecular complexity index is 773. The van der Waals surface area contributed by atoms with Crippen LogP contribution in [0.5, 0.6) is 0 Å². The van der Waals surface area contributed by atoms with Crippen molar-refractivity contribution < 1.29 is 9.90 Å². The minimum absolute atomic E-state index is 0.160. The van der Waals surface area contributed by atoms with E-state index in [1.54, 1.807) is 11.8 Å². The van der Waals surface area contributed by atoms with Crippen LogP contribution in [0.25, 0.3) is 0 Å². The third-order valence-electron chi connectivity index (χ3n) is 4.65. The van der Waals surface area contributed by atoms with Gasteiger partial charge in [-0.1, -0.05) is 78.7 Å². The van der Waals surface area contributed by atoms with Crippen molar-refractivity contribution in [2.75, 3.05) is 5.75 Å². The molecule has 0 aromatic heterocycles. The number of benzene rings is 2. The van der Waals surface area contributed by atoms with E-state index in [0.29, 0.717) is 6.42 Å². The first kappa shape index (κ1) is 25.1. The first-order chi connectivity index (χ1) is 14.2. The Labute approximate surface area is 194 Å². The molecule has 0 fully saturated rings. The predicted molar refractivity (Wildman–Crippen MR) is 134 cm³/mol. The van der Waals surface area contributed by atoms with Crippen LogP contribution in [-0.2, 0) is 16.3 Å². The monoisotopic (exact) mass is 428 g/mol. The van der Waals surface area contributed by atoms with E-state index >= 15 is 0 Å². The van der Waals surface area contributed by atoms with Crippen LogP contribution in [0.15, 0.2) is 60.7 Å². The Morgan fingerprint density at radius 1 is 0.900 bits per heavy atom. The summed E-state index contributed by atoms with van der Waals surface area (Å²) in [6.07, 6.45) is 1.13. The molecule has 148 valence electrons. The minimum atomic E-state index is -1.94. The van der Waals surface area contributed by atoms with Crippen molar-refractivity contribution in [1.82, 2.24) is 0 Å². The van der Waals surface area contributed by atoms with E-state index in [0.717, 1.165) is 23.7 Å². The normalized spacial score (nSPS) is 13.1. The van der Waals surface area contributed by atoms with E-state index in [1.807, 2.05) is 48.2 Å². The molecule has 8 radical (unpaired) electrons. The van der Waals surface area contributed by atoms with E-state index in [2.05, 4.69) is 24.3 Å². The topological polar surface area (TPSA) is 37.3 Å². The van der Waals surface area contributed by atoms with E-state index in [-0.39, 0.29) is 11.7 Å². The summed E-state index contributed by atoms with van der Waals surface area (Å²) in [5.41, 5.74) is 2.52. The summed E-state index contributed by atoms with van der Waals surface area (Å²) in [6, 6.07) is 20.5. The number of carboxylic acids is 1. The summed E-state index contributed by atoms with van der Waals surface area (Å²) in [7, 11) is 23.8. The van der Waals surface area contributed by atoms with Gasteiger partial charge in [-0.05, 0) is 28.5 Å². The quantitative estimate of drug-likeness (QED) is 0.380. The second-order valence-electron chi connectivity index (χ2n) is 7.71. The minimum Gasteiger partial charge on any atom is -0.482 e. The third-order valence-corrected chi connectivity index (χ3v) is 7.09. The van der Waals surface area contributed by atoms with Crippen molar-refractivity contribution in [2.45, 2.75) is 46.4 Å². The molecule has 0 aliphatic rings. The van der Waals surface area contributed by atoms with Crippen LogP contribution in [0, 0.1) is 0 Å². The van der Waals surface area contributed by atoms with E-state index in [9.17, 15) is 9.90 Å². The largest absolute Gasteiger partial charge is 0.482 e. The first-order valence-corrected chi connectivity index (χ1v) is 12.0. The smallest absolute Gasteiger partial charge is 0.292 e. The van der Waals surface area contributed by atoms with E-state index in [1.165, 1.54) is 11.1 Å². The lowest BCUT2D eigenvalue weighted by Crippen LogP contribution is -2.32. The van der Waals surface area contributed by atoms with E-state index in [4.69, 9.17) is 31.4 Å². The van der Waals surface area contributed by atoms with Gasteiger partial charge in [-0.15, -0.1) is 0 Å². The summed E-state index contributed by atoms with van der Waals surface area (Å²) in [5.74, 6) is 1.42. The Balaban J connectivity index is 1.94. The maximum atomic E-state index is 11.3. The number of carbonyl (C=O) groups is 1. The number of hydrogen-bond acceptors (Lipinski definition) is 3. The second kappa shape index (κ2) is 12.0. The van der Waals surface area contributed by atoms with Gasteiger partial charge >= 0.3 is 0 Å². The predicted octanol–water partition coefficient (Wildman–Crippen LogP) is 4.38. The molecule has 0 aliphatic carbocycles. The van der Waals surface area contributed by atoms with Gasteiger partial charge in [0.2, 0.25) is 0 Å². The zero-order valence-corrected chi connectivity index (χ0v) is 18.7. The summed E-state index contributed by atoms with van der Waals surface area (Å²) < 4.78 is 0. The molecule has 0 saturated heterocycles. The number of hydrogen-bond donors (Lipinski definition) is 1. The van der Waals surface area contributed by atoms with Crippen LogP contribution >= 0.6 is 23.5 Å². The summed E-state index contributed by atoms with van der Waals surface area (Å²) in [6.45, 7) is 0. The molecule has 2 aromatic carbocycles. The fourth-order valence-electron chi connectivity index (χ4n) is 3.13. The van der Waals surface area contributed by atoms with Crippen molar-refractivity contribution in [2.24, 2.45) is 0 Å². The van der Waals surface area contributed by atoms with Gasteiger partial charge in [0, 0.05) is 16.8 Å². The molecule has 0 saturated carbocycles. The molecular weight excluding hydrogens is 404 g/mol. The van der Waals surface area contributed by atoms with Crippen LogP contribution in [-0.4, -0.2) is 53.5 Å². The fourth-order valence-corrected chi connectivity index (χ4v) is 5.63. The highest BCUT2D eigenvalue weighted by Crippen LogP contribution is 2.42. The standard InChI is InChI=1S/C22H24B4O2S2/c23-21(24,16-22(25,26)20(27)28)13-19(30-15-18-9-5-2-6-10-18)11-12-29-14-17-7-3-1-4-8-17/h1-10,19H,11-16H2,(H,27,28). The average Bonchev–Trinajstić information content (AvgIpc) is 2.69. The van der Waals surface area contributed by atoms with Gasteiger partial charge in [0.25, 0.3) is 5.97 Å². The Hall–Kier alpha value is -1.13. The van der Waals surface area contributed by atoms with Crippen molar-refractivity contribution in [3.05, 3.63) is 71.8 Å². The van der Waals surface area contributed by atoms with Gasteiger partial charge in [-0.2, -0.15) is 23.5 Å². The lowest BCUT2D eigenvalue weighted by molar-refractivity contribution is -0.138. The number of rotatable bonds is 13. The van der Waals surface area contributed by atoms with Crippen molar-refractivity contribution in [1.29, 1.82) is 0 Å². The highest BCUT2D eigenvalue weighted by molar-refractivity contribution is 7.99. The van der Waals surface area contributed by atoms with Crippen LogP contribution in [0.2, 0.25) is 10.4 Å². The van der Waals surface area contributed by atoms with Crippen molar-refractivity contribution >= 4 is 60.9 Å². The Kier molecular flexibility index (Phi) is 10.1. The molecule has 0 heterocycles. The van der Waals surface area contributed by atoms with Gasteiger partial charge < -0.3 is 5.11 Å². The molecule has 0 bridgehead atoms. The first-order valence-electron chi connectivity index (χ1n) is 9.84. The SMILES string of the molecule is [B]C([B])(CC(CCSCc1ccccc1)SCc1ccccc1)CC([B])([B])C(=O)O. The van der Waals surface area contributed by atoms with Gasteiger partial charge in [0.05, 0.1) is 31.4 Å². The Morgan fingerprint density at radius 2 is 1.43 bits per heavy atom. The van der Waals surface area contributed by atoms with Crippen LogP contribution in [0.4, 0.5) is 0 Å². The maximum absolute atomic E-state index is 11.3. The van der Waals surface area contributed by atoms with Gasteiger partial charge in [0.15, 0.2) is 0 Å². The van der Waals surface area contributed by atoms with Crippen LogP contribution in [0.3, 0.4) is 0 Å². The number of thioether (sulfide) groups is 2.